The Morgan fingerprint density at radius 1 is 0.903 bits per heavy atom. The standard InChI is InChI=1S/C22H23N3O5S/c1-25(31(28,29)20-12-9-17-5-3-4-6-18(17)14-20)15-22(27)24-23-21(26)13-16-7-10-19(30-2)11-8-16/h3-12,14H,13,15H2,1-2H3,(H,23,26)(H,24,27). The summed E-state index contributed by atoms with van der Waals surface area (Å²) in [6.45, 7) is -0.446. The number of fused-ring (bicyclic) bond motifs is 1. The Morgan fingerprint density at radius 3 is 2.23 bits per heavy atom. The summed E-state index contributed by atoms with van der Waals surface area (Å²) in [6.07, 6.45) is 0.0511. The van der Waals surface area contributed by atoms with Crippen LogP contribution in [0.2, 0.25) is 0 Å². The van der Waals surface area contributed by atoms with E-state index in [9.17, 15) is 18.0 Å². The number of likely N-dealkylation sites (N-methyl/N-ethyl adjacent to an activating group) is 1. The van der Waals surface area contributed by atoms with Crippen LogP contribution < -0.4 is 15.6 Å². The van der Waals surface area contributed by atoms with Crippen molar-refractivity contribution in [2.24, 2.45) is 0 Å². The van der Waals surface area contributed by atoms with Crippen LogP contribution in [0.3, 0.4) is 0 Å². The number of ether oxygens (including phenoxy) is 1. The first-order valence-electron chi connectivity index (χ1n) is 9.45. The van der Waals surface area contributed by atoms with Crippen LogP contribution in [0.25, 0.3) is 10.8 Å². The van der Waals surface area contributed by atoms with E-state index >= 15 is 0 Å². The van der Waals surface area contributed by atoms with E-state index in [2.05, 4.69) is 10.9 Å². The highest BCUT2D eigenvalue weighted by molar-refractivity contribution is 7.89. The first-order valence-corrected chi connectivity index (χ1v) is 10.9. The van der Waals surface area contributed by atoms with Gasteiger partial charge in [-0.3, -0.25) is 20.4 Å². The summed E-state index contributed by atoms with van der Waals surface area (Å²) < 4.78 is 31.6. The first kappa shape index (κ1) is 22.3. The molecule has 0 fully saturated rings. The normalized spacial score (nSPS) is 11.3. The predicted molar refractivity (Wildman–Crippen MR) is 117 cm³/mol. The molecule has 0 unspecified atom stereocenters. The third-order valence-electron chi connectivity index (χ3n) is 4.66. The molecule has 8 nitrogen and oxygen atoms in total. The summed E-state index contributed by atoms with van der Waals surface area (Å²) in [7, 11) is -1.01. The fourth-order valence-corrected chi connectivity index (χ4v) is 4.11. The minimum Gasteiger partial charge on any atom is -0.497 e. The quantitative estimate of drug-likeness (QED) is 0.545. The third kappa shape index (κ3) is 5.59. The van der Waals surface area contributed by atoms with Crippen LogP contribution in [0.4, 0.5) is 0 Å². The molecule has 0 aliphatic heterocycles. The molecule has 3 aromatic carbocycles. The lowest BCUT2D eigenvalue weighted by atomic mass is 10.1. The molecule has 31 heavy (non-hydrogen) atoms. The van der Waals surface area contributed by atoms with Gasteiger partial charge in [0.05, 0.1) is 25.0 Å². The number of methoxy groups -OCH3 is 1. The van der Waals surface area contributed by atoms with Gasteiger partial charge in [-0.1, -0.05) is 42.5 Å². The average Bonchev–Trinajstić information content (AvgIpc) is 2.77. The number of benzene rings is 3. The molecule has 0 aliphatic carbocycles. The van der Waals surface area contributed by atoms with E-state index in [1.807, 2.05) is 24.3 Å². The molecule has 0 saturated heterocycles. The minimum absolute atomic E-state index is 0.0511. The highest BCUT2D eigenvalue weighted by Gasteiger charge is 2.23. The Hall–Kier alpha value is -3.43. The zero-order valence-corrected chi connectivity index (χ0v) is 18.0. The molecule has 3 aromatic rings. The van der Waals surface area contributed by atoms with Crippen LogP contribution in [0, 0.1) is 0 Å². The second-order valence-electron chi connectivity index (χ2n) is 6.89. The van der Waals surface area contributed by atoms with Crippen molar-refractivity contribution in [2.45, 2.75) is 11.3 Å². The van der Waals surface area contributed by atoms with Gasteiger partial charge in [0.25, 0.3) is 5.91 Å². The largest absolute Gasteiger partial charge is 0.497 e. The Balaban J connectivity index is 1.55. The van der Waals surface area contributed by atoms with E-state index in [0.29, 0.717) is 5.75 Å². The maximum Gasteiger partial charge on any atom is 0.253 e. The van der Waals surface area contributed by atoms with Crippen molar-refractivity contribution in [3.8, 4) is 5.75 Å². The number of hydrogen-bond donors (Lipinski definition) is 2. The summed E-state index contributed by atoms with van der Waals surface area (Å²) in [5.74, 6) is -0.415. The molecule has 0 atom stereocenters. The second-order valence-corrected chi connectivity index (χ2v) is 8.94. The van der Waals surface area contributed by atoms with Crippen molar-refractivity contribution in [3.05, 3.63) is 72.3 Å². The number of rotatable bonds is 7. The van der Waals surface area contributed by atoms with E-state index in [1.54, 1.807) is 43.5 Å². The zero-order chi connectivity index (χ0) is 22.4. The summed E-state index contributed by atoms with van der Waals surface area (Å²) in [5.41, 5.74) is 5.27. The molecule has 0 radical (unpaired) electrons. The van der Waals surface area contributed by atoms with Gasteiger partial charge in [0.1, 0.15) is 5.75 Å². The zero-order valence-electron chi connectivity index (χ0n) is 17.2. The van der Waals surface area contributed by atoms with Crippen LogP contribution in [0.1, 0.15) is 5.56 Å². The summed E-state index contributed by atoms with van der Waals surface area (Å²) in [4.78, 5) is 24.2. The lowest BCUT2D eigenvalue weighted by molar-refractivity contribution is -0.128. The van der Waals surface area contributed by atoms with Crippen LogP contribution >= 0.6 is 0 Å². The molecule has 162 valence electrons. The van der Waals surface area contributed by atoms with Crippen LogP contribution in [-0.4, -0.2) is 45.2 Å². The van der Waals surface area contributed by atoms with Crippen LogP contribution in [0.15, 0.2) is 71.6 Å². The van der Waals surface area contributed by atoms with Gasteiger partial charge in [0, 0.05) is 7.05 Å². The van der Waals surface area contributed by atoms with Gasteiger partial charge in [-0.2, -0.15) is 4.31 Å². The maximum atomic E-state index is 12.8. The van der Waals surface area contributed by atoms with Gasteiger partial charge in [0.2, 0.25) is 15.9 Å². The highest BCUT2D eigenvalue weighted by atomic mass is 32.2. The smallest absolute Gasteiger partial charge is 0.253 e. The van der Waals surface area contributed by atoms with Crippen molar-refractivity contribution in [2.75, 3.05) is 20.7 Å². The van der Waals surface area contributed by atoms with Crippen molar-refractivity contribution >= 4 is 32.6 Å². The number of hydrogen-bond acceptors (Lipinski definition) is 5. The first-order chi connectivity index (χ1) is 14.8. The molecule has 0 aliphatic rings. The summed E-state index contributed by atoms with van der Waals surface area (Å²) in [6, 6.07) is 19.1. The minimum atomic E-state index is -3.87. The van der Waals surface area contributed by atoms with Crippen molar-refractivity contribution < 1.29 is 22.7 Å². The van der Waals surface area contributed by atoms with E-state index < -0.39 is 28.4 Å². The number of carbonyl (C=O) groups excluding carboxylic acids is 2. The van der Waals surface area contributed by atoms with Gasteiger partial charge in [-0.25, -0.2) is 8.42 Å². The topological polar surface area (TPSA) is 105 Å². The van der Waals surface area contributed by atoms with E-state index in [4.69, 9.17) is 4.74 Å². The molecule has 0 spiro atoms. The van der Waals surface area contributed by atoms with E-state index in [0.717, 1.165) is 20.6 Å². The monoisotopic (exact) mass is 441 g/mol. The number of hydrazine groups is 1. The molecule has 0 saturated carbocycles. The average molecular weight is 442 g/mol. The van der Waals surface area contributed by atoms with Crippen molar-refractivity contribution in [3.63, 3.8) is 0 Å². The lowest BCUT2D eigenvalue weighted by Crippen LogP contribution is -2.47. The lowest BCUT2D eigenvalue weighted by Gasteiger charge is -2.17. The predicted octanol–water partition coefficient (Wildman–Crippen LogP) is 1.86. The molecule has 9 heteroatoms. The number of nitrogens with one attached hydrogen (secondary N) is 2. The second kappa shape index (κ2) is 9.59. The maximum absolute atomic E-state index is 12.8. The Labute approximate surface area is 180 Å². The number of carbonyl (C=O) groups is 2. The van der Waals surface area contributed by atoms with Crippen LogP contribution in [0.5, 0.6) is 5.75 Å². The fourth-order valence-electron chi connectivity index (χ4n) is 2.95. The molecular formula is C22H23N3O5S. The Morgan fingerprint density at radius 2 is 1.55 bits per heavy atom. The highest BCUT2D eigenvalue weighted by Crippen LogP contribution is 2.21. The van der Waals surface area contributed by atoms with E-state index in [1.165, 1.54) is 13.1 Å². The molecule has 2 N–H and O–H groups in total. The molecule has 0 aromatic heterocycles. The molecular weight excluding hydrogens is 418 g/mol. The number of amides is 2. The number of nitrogens with zero attached hydrogens (tertiary/aromatic N) is 1. The van der Waals surface area contributed by atoms with Crippen molar-refractivity contribution in [1.29, 1.82) is 0 Å². The summed E-state index contributed by atoms with van der Waals surface area (Å²) >= 11 is 0. The fraction of sp³-hybridized carbons (Fsp3) is 0.182. The SMILES string of the molecule is COc1ccc(CC(=O)NNC(=O)CN(C)S(=O)(=O)c2ccc3ccccc3c2)cc1. The van der Waals surface area contributed by atoms with Gasteiger partial charge in [-0.05, 0) is 40.6 Å². The molecule has 0 heterocycles. The Kier molecular flexibility index (Phi) is 6.88. The molecule has 3 rings (SSSR count). The number of sulfonamides is 1. The Bertz CT molecular complexity index is 1190. The van der Waals surface area contributed by atoms with Gasteiger partial charge < -0.3 is 4.74 Å². The van der Waals surface area contributed by atoms with Gasteiger partial charge in [-0.15, -0.1) is 0 Å². The van der Waals surface area contributed by atoms with E-state index in [-0.39, 0.29) is 11.3 Å². The third-order valence-corrected chi connectivity index (χ3v) is 6.46. The molecule has 0 bridgehead atoms. The van der Waals surface area contributed by atoms with Gasteiger partial charge in [0.15, 0.2) is 0 Å². The molecule has 2 amide bonds. The van der Waals surface area contributed by atoms with Crippen molar-refractivity contribution in [1.82, 2.24) is 15.2 Å². The van der Waals surface area contributed by atoms with Gasteiger partial charge >= 0.3 is 0 Å². The van der Waals surface area contributed by atoms with Crippen LogP contribution in [-0.2, 0) is 26.0 Å². The summed E-state index contributed by atoms with van der Waals surface area (Å²) in [5, 5.41) is 1.70.